The van der Waals surface area contributed by atoms with Crippen LogP contribution in [-0.2, 0) is 4.74 Å². The Bertz CT molecular complexity index is 1120. The van der Waals surface area contributed by atoms with Gasteiger partial charge in [-0.1, -0.05) is 19.9 Å². The van der Waals surface area contributed by atoms with E-state index in [1.54, 1.807) is 48.6 Å². The van der Waals surface area contributed by atoms with E-state index in [1.807, 2.05) is 20.8 Å². The number of anilines is 2. The van der Waals surface area contributed by atoms with Gasteiger partial charge in [-0.05, 0) is 49.1 Å². The van der Waals surface area contributed by atoms with Gasteiger partial charge in [-0.15, -0.1) is 0 Å². The predicted octanol–water partition coefficient (Wildman–Crippen LogP) is 4.54. The van der Waals surface area contributed by atoms with Crippen LogP contribution in [0, 0.1) is 18.7 Å². The van der Waals surface area contributed by atoms with E-state index in [-0.39, 0.29) is 23.8 Å². The Morgan fingerprint density at radius 3 is 2.56 bits per heavy atom. The van der Waals surface area contributed by atoms with Crippen LogP contribution in [0.5, 0.6) is 0 Å². The third kappa shape index (κ3) is 4.37. The summed E-state index contributed by atoms with van der Waals surface area (Å²) >= 11 is 0. The molecule has 0 saturated carbocycles. The summed E-state index contributed by atoms with van der Waals surface area (Å²) in [5, 5.41) is 3.18. The molecule has 3 heterocycles. The number of halogens is 1. The van der Waals surface area contributed by atoms with Crippen molar-refractivity contribution < 1.29 is 13.9 Å². The van der Waals surface area contributed by atoms with Crippen LogP contribution in [0.15, 0.2) is 42.9 Å². The van der Waals surface area contributed by atoms with Gasteiger partial charge in [-0.2, -0.15) is 4.98 Å². The molecule has 1 unspecified atom stereocenters. The number of rotatable bonds is 6. The van der Waals surface area contributed by atoms with E-state index in [9.17, 15) is 9.18 Å². The fourth-order valence-corrected chi connectivity index (χ4v) is 3.54. The zero-order chi connectivity index (χ0) is 22.8. The molecule has 1 saturated heterocycles. The van der Waals surface area contributed by atoms with E-state index < -0.39 is 6.09 Å². The Labute approximate surface area is 185 Å². The molecule has 8 nitrogen and oxygen atoms in total. The topological polar surface area (TPSA) is 93.1 Å². The highest BCUT2D eigenvalue weighted by atomic mass is 19.1. The molecule has 9 heteroatoms. The van der Waals surface area contributed by atoms with E-state index in [2.05, 4.69) is 25.3 Å². The largest absolute Gasteiger partial charge is 0.447 e. The lowest BCUT2D eigenvalue weighted by atomic mass is 10.0. The molecular formula is C23H25FN6O2. The maximum Gasteiger partial charge on any atom is 0.415 e. The number of nitrogens with zero attached hydrogens (tertiary/aromatic N) is 5. The van der Waals surface area contributed by atoms with Crippen molar-refractivity contribution >= 4 is 17.9 Å². The number of aryl methyl sites for hydroxylation is 1. The molecular weight excluding hydrogens is 411 g/mol. The number of hydrogen-bond donors (Lipinski definition) is 1. The molecule has 0 aliphatic carbocycles. The standard InChI is InChI=1S/C23H25FN6O2/c1-13(2)19-12-32-23(31)30(19)20-7-8-25-22(29-20)28-15(4)21-26-10-17(11-27-21)16-5-6-18(24)14(3)9-16/h5-11,13,15,19H,12H2,1-4H3,(H,25,28,29)/t15-,19?/m0/s1. The summed E-state index contributed by atoms with van der Waals surface area (Å²) in [6.07, 6.45) is 4.60. The van der Waals surface area contributed by atoms with E-state index in [4.69, 9.17) is 4.74 Å². The van der Waals surface area contributed by atoms with Crippen molar-refractivity contribution in [2.45, 2.75) is 39.8 Å². The van der Waals surface area contributed by atoms with E-state index in [0.717, 1.165) is 11.1 Å². The zero-order valence-electron chi connectivity index (χ0n) is 18.4. The molecule has 0 radical (unpaired) electrons. The number of ether oxygens (including phenoxy) is 1. The Kier molecular flexibility index (Phi) is 5.98. The van der Waals surface area contributed by atoms with Crippen molar-refractivity contribution in [3.8, 4) is 11.1 Å². The Morgan fingerprint density at radius 1 is 1.12 bits per heavy atom. The van der Waals surface area contributed by atoms with Crippen molar-refractivity contribution in [1.29, 1.82) is 0 Å². The molecule has 0 bridgehead atoms. The summed E-state index contributed by atoms with van der Waals surface area (Å²) < 4.78 is 18.7. The average molecular weight is 436 g/mol. The van der Waals surface area contributed by atoms with Gasteiger partial charge in [0, 0.05) is 24.2 Å². The van der Waals surface area contributed by atoms with Gasteiger partial charge in [0.2, 0.25) is 5.95 Å². The van der Waals surface area contributed by atoms with Gasteiger partial charge >= 0.3 is 6.09 Å². The second kappa shape index (κ2) is 8.86. The van der Waals surface area contributed by atoms with Crippen LogP contribution in [-0.4, -0.2) is 38.7 Å². The van der Waals surface area contributed by atoms with Crippen LogP contribution in [0.2, 0.25) is 0 Å². The van der Waals surface area contributed by atoms with Crippen LogP contribution < -0.4 is 10.2 Å². The van der Waals surface area contributed by atoms with E-state index in [0.29, 0.717) is 29.8 Å². The summed E-state index contributed by atoms with van der Waals surface area (Å²) in [6.45, 7) is 8.04. The number of carbonyl (C=O) groups excluding carboxylic acids is 1. The first-order valence-corrected chi connectivity index (χ1v) is 10.5. The average Bonchev–Trinajstić information content (AvgIpc) is 3.18. The van der Waals surface area contributed by atoms with Crippen LogP contribution in [0.25, 0.3) is 11.1 Å². The second-order valence-electron chi connectivity index (χ2n) is 8.16. The molecule has 3 aromatic rings. The first-order valence-electron chi connectivity index (χ1n) is 10.5. The normalized spacial score (nSPS) is 16.9. The van der Waals surface area contributed by atoms with Crippen LogP contribution >= 0.6 is 0 Å². The number of cyclic esters (lactones) is 1. The lowest BCUT2D eigenvalue weighted by Crippen LogP contribution is -2.37. The molecule has 1 aliphatic rings. The number of benzene rings is 1. The smallest absolute Gasteiger partial charge is 0.415 e. The molecule has 2 aromatic heterocycles. The molecule has 1 aliphatic heterocycles. The number of aromatic nitrogens is 4. The molecule has 1 amide bonds. The minimum atomic E-state index is -0.406. The van der Waals surface area contributed by atoms with Gasteiger partial charge in [0.1, 0.15) is 24.1 Å². The van der Waals surface area contributed by atoms with Crippen molar-refractivity contribution in [2.75, 3.05) is 16.8 Å². The van der Waals surface area contributed by atoms with Crippen LogP contribution in [0.3, 0.4) is 0 Å². The lowest BCUT2D eigenvalue weighted by molar-refractivity contribution is 0.177. The minimum Gasteiger partial charge on any atom is -0.447 e. The quantitative estimate of drug-likeness (QED) is 0.606. The van der Waals surface area contributed by atoms with Crippen LogP contribution in [0.4, 0.5) is 21.0 Å². The van der Waals surface area contributed by atoms with Gasteiger partial charge in [-0.3, -0.25) is 4.90 Å². The molecule has 1 aromatic carbocycles. The predicted molar refractivity (Wildman–Crippen MR) is 119 cm³/mol. The number of nitrogens with one attached hydrogen (secondary N) is 1. The summed E-state index contributed by atoms with van der Waals surface area (Å²) in [5.41, 5.74) is 2.22. The number of carbonyl (C=O) groups is 1. The summed E-state index contributed by atoms with van der Waals surface area (Å²) in [5.74, 6) is 1.39. The van der Waals surface area contributed by atoms with Gasteiger partial charge in [0.25, 0.3) is 0 Å². The number of amides is 1. The molecule has 32 heavy (non-hydrogen) atoms. The van der Waals surface area contributed by atoms with Crippen molar-refractivity contribution in [3.05, 3.63) is 60.1 Å². The summed E-state index contributed by atoms with van der Waals surface area (Å²) in [4.78, 5) is 31.4. The fraction of sp³-hybridized carbons (Fsp3) is 0.348. The molecule has 4 rings (SSSR count). The van der Waals surface area contributed by atoms with Gasteiger partial charge in [-0.25, -0.2) is 24.1 Å². The Hall–Kier alpha value is -3.62. The van der Waals surface area contributed by atoms with Gasteiger partial charge in [0.15, 0.2) is 0 Å². The third-order valence-electron chi connectivity index (χ3n) is 5.46. The van der Waals surface area contributed by atoms with Crippen LogP contribution in [0.1, 0.15) is 38.2 Å². The van der Waals surface area contributed by atoms with E-state index >= 15 is 0 Å². The molecule has 0 spiro atoms. The minimum absolute atomic E-state index is 0.0753. The van der Waals surface area contributed by atoms with Crippen molar-refractivity contribution in [3.63, 3.8) is 0 Å². The Morgan fingerprint density at radius 2 is 1.88 bits per heavy atom. The molecule has 1 fully saturated rings. The Balaban J connectivity index is 1.49. The highest BCUT2D eigenvalue weighted by Crippen LogP contribution is 2.27. The second-order valence-corrected chi connectivity index (χ2v) is 8.16. The lowest BCUT2D eigenvalue weighted by Gasteiger charge is -2.23. The van der Waals surface area contributed by atoms with E-state index in [1.165, 1.54) is 6.07 Å². The van der Waals surface area contributed by atoms with Gasteiger partial charge in [0.05, 0.1) is 12.1 Å². The summed E-state index contributed by atoms with van der Waals surface area (Å²) in [7, 11) is 0. The van der Waals surface area contributed by atoms with Crippen molar-refractivity contribution in [1.82, 2.24) is 19.9 Å². The fourth-order valence-electron chi connectivity index (χ4n) is 3.54. The number of hydrogen-bond acceptors (Lipinski definition) is 7. The SMILES string of the molecule is Cc1cc(-c2cnc([C@H](C)Nc3nccc(N4C(=O)OCC4C(C)C)n3)nc2)ccc1F. The maximum absolute atomic E-state index is 13.5. The molecule has 166 valence electrons. The maximum atomic E-state index is 13.5. The van der Waals surface area contributed by atoms with Crippen molar-refractivity contribution in [2.24, 2.45) is 5.92 Å². The molecule has 1 N–H and O–H groups in total. The monoisotopic (exact) mass is 436 g/mol. The first-order chi connectivity index (χ1) is 15.3. The van der Waals surface area contributed by atoms with Gasteiger partial charge < -0.3 is 10.1 Å². The zero-order valence-corrected chi connectivity index (χ0v) is 18.4. The highest BCUT2D eigenvalue weighted by molar-refractivity contribution is 5.89. The molecule has 2 atom stereocenters. The summed E-state index contributed by atoms with van der Waals surface area (Å²) in [6, 6.07) is 6.24. The third-order valence-corrected chi connectivity index (χ3v) is 5.46. The highest BCUT2D eigenvalue weighted by Gasteiger charge is 2.37. The first kappa shape index (κ1) is 21.6.